The molecule has 0 aromatic heterocycles. The summed E-state index contributed by atoms with van der Waals surface area (Å²) >= 11 is 0. The zero-order chi connectivity index (χ0) is 15.0. The number of rotatable bonds is 2. The number of aryl methyl sites for hydroxylation is 2. The molecule has 1 heterocycles. The maximum absolute atomic E-state index is 12.6. The average molecular weight is 289 g/mol. The van der Waals surface area contributed by atoms with E-state index >= 15 is 0 Å². The fourth-order valence-corrected chi connectivity index (χ4v) is 3.27. The first-order valence-electron chi connectivity index (χ1n) is 7.29. The van der Waals surface area contributed by atoms with E-state index in [4.69, 9.17) is 4.74 Å². The van der Waals surface area contributed by atoms with Gasteiger partial charge in [-0.05, 0) is 42.5 Å². The van der Waals surface area contributed by atoms with Crippen molar-refractivity contribution in [1.29, 1.82) is 0 Å². The lowest BCUT2D eigenvalue weighted by atomic mass is 10.1. The molecule has 2 atom stereocenters. The molecule has 5 heteroatoms. The van der Waals surface area contributed by atoms with E-state index in [2.05, 4.69) is 0 Å². The third-order valence-corrected chi connectivity index (χ3v) is 4.36. The number of hydrogen-bond donors (Lipinski definition) is 1. The highest BCUT2D eigenvalue weighted by Crippen LogP contribution is 2.26. The van der Waals surface area contributed by atoms with Crippen LogP contribution in [-0.4, -0.2) is 47.7 Å². The van der Waals surface area contributed by atoms with Crippen molar-refractivity contribution in [1.82, 2.24) is 4.90 Å². The summed E-state index contributed by atoms with van der Waals surface area (Å²) in [4.78, 5) is 25.8. The number of β-amino-alcohol motifs (C(OH)–C–C–N with tert-alkyl or cyclic N) is 1. The standard InChI is InChI=1S/C16H19NO4/c1-21-16(20)14-8-13(18)9-17(14)15(19)12-6-5-10-3-2-4-11(10)7-12/h5-7,13-14,18H,2-4,8-9H2,1H3. The van der Waals surface area contributed by atoms with Crippen molar-refractivity contribution in [2.45, 2.75) is 37.8 Å². The van der Waals surface area contributed by atoms with Crippen LogP contribution >= 0.6 is 0 Å². The second-order valence-electron chi connectivity index (χ2n) is 5.72. The molecule has 3 rings (SSSR count). The van der Waals surface area contributed by atoms with Crippen LogP contribution in [0, 0.1) is 0 Å². The van der Waals surface area contributed by atoms with E-state index in [-0.39, 0.29) is 18.9 Å². The van der Waals surface area contributed by atoms with Crippen LogP contribution in [0.15, 0.2) is 18.2 Å². The molecular weight excluding hydrogens is 270 g/mol. The van der Waals surface area contributed by atoms with Crippen LogP contribution in [0.4, 0.5) is 0 Å². The van der Waals surface area contributed by atoms with E-state index in [0.717, 1.165) is 19.3 Å². The molecule has 1 aliphatic heterocycles. The lowest BCUT2D eigenvalue weighted by Crippen LogP contribution is -2.41. The topological polar surface area (TPSA) is 66.8 Å². The Balaban J connectivity index is 1.85. The highest BCUT2D eigenvalue weighted by atomic mass is 16.5. The molecule has 0 radical (unpaired) electrons. The van der Waals surface area contributed by atoms with Crippen LogP contribution in [0.3, 0.4) is 0 Å². The van der Waals surface area contributed by atoms with Crippen molar-refractivity contribution in [3.05, 3.63) is 34.9 Å². The van der Waals surface area contributed by atoms with Crippen molar-refractivity contribution in [3.63, 3.8) is 0 Å². The largest absolute Gasteiger partial charge is 0.467 e. The highest BCUT2D eigenvalue weighted by molar-refractivity contribution is 5.97. The Morgan fingerprint density at radius 1 is 1.29 bits per heavy atom. The van der Waals surface area contributed by atoms with Gasteiger partial charge in [0.05, 0.1) is 13.2 Å². The summed E-state index contributed by atoms with van der Waals surface area (Å²) in [5, 5.41) is 9.76. The van der Waals surface area contributed by atoms with E-state index in [9.17, 15) is 14.7 Å². The summed E-state index contributed by atoms with van der Waals surface area (Å²) in [7, 11) is 1.30. The van der Waals surface area contributed by atoms with Crippen LogP contribution < -0.4 is 0 Å². The number of ether oxygens (including phenoxy) is 1. The van der Waals surface area contributed by atoms with Crippen molar-refractivity contribution >= 4 is 11.9 Å². The van der Waals surface area contributed by atoms with E-state index in [0.29, 0.717) is 5.56 Å². The van der Waals surface area contributed by atoms with Gasteiger partial charge in [0, 0.05) is 18.5 Å². The zero-order valence-corrected chi connectivity index (χ0v) is 12.0. The fourth-order valence-electron chi connectivity index (χ4n) is 3.27. The second kappa shape index (κ2) is 5.48. The first-order valence-corrected chi connectivity index (χ1v) is 7.29. The summed E-state index contributed by atoms with van der Waals surface area (Å²) in [5.74, 6) is -0.683. The number of carbonyl (C=O) groups is 2. The Kier molecular flexibility index (Phi) is 3.68. The number of benzene rings is 1. The number of nitrogens with zero attached hydrogens (tertiary/aromatic N) is 1. The van der Waals surface area contributed by atoms with Gasteiger partial charge >= 0.3 is 5.97 Å². The summed E-state index contributed by atoms with van der Waals surface area (Å²) < 4.78 is 4.73. The molecule has 0 saturated carbocycles. The maximum Gasteiger partial charge on any atom is 0.328 e. The number of methoxy groups -OCH3 is 1. The Labute approximate surface area is 123 Å². The van der Waals surface area contributed by atoms with Gasteiger partial charge in [0.2, 0.25) is 0 Å². The van der Waals surface area contributed by atoms with Gasteiger partial charge in [0.1, 0.15) is 6.04 Å². The van der Waals surface area contributed by atoms with Crippen molar-refractivity contribution in [2.75, 3.05) is 13.7 Å². The van der Waals surface area contributed by atoms with Gasteiger partial charge < -0.3 is 14.7 Å². The number of carbonyl (C=O) groups excluding carboxylic acids is 2. The van der Waals surface area contributed by atoms with Crippen molar-refractivity contribution in [2.24, 2.45) is 0 Å². The summed E-state index contributed by atoms with van der Waals surface area (Å²) in [6, 6.07) is 5.04. The molecule has 1 amide bonds. The van der Waals surface area contributed by atoms with Crippen LogP contribution in [-0.2, 0) is 22.4 Å². The van der Waals surface area contributed by atoms with E-state index < -0.39 is 18.1 Å². The Hall–Kier alpha value is -1.88. The molecule has 1 aliphatic carbocycles. The monoisotopic (exact) mass is 289 g/mol. The predicted molar refractivity (Wildman–Crippen MR) is 75.9 cm³/mol. The average Bonchev–Trinajstić information content (AvgIpc) is 3.10. The van der Waals surface area contributed by atoms with Gasteiger partial charge in [-0.3, -0.25) is 4.79 Å². The minimum absolute atomic E-state index is 0.176. The van der Waals surface area contributed by atoms with Crippen LogP contribution in [0.1, 0.15) is 34.3 Å². The third-order valence-electron chi connectivity index (χ3n) is 4.36. The van der Waals surface area contributed by atoms with Crippen molar-refractivity contribution in [3.8, 4) is 0 Å². The van der Waals surface area contributed by atoms with E-state index in [1.807, 2.05) is 18.2 Å². The summed E-state index contributed by atoms with van der Waals surface area (Å²) in [5.41, 5.74) is 3.10. The zero-order valence-electron chi connectivity index (χ0n) is 12.0. The molecular formula is C16H19NO4. The quantitative estimate of drug-likeness (QED) is 0.822. The number of aliphatic hydroxyl groups is 1. The molecule has 2 aliphatic rings. The molecule has 1 fully saturated rings. The molecule has 1 aromatic rings. The molecule has 112 valence electrons. The number of esters is 1. The molecule has 1 saturated heterocycles. The van der Waals surface area contributed by atoms with Gasteiger partial charge in [-0.2, -0.15) is 0 Å². The van der Waals surface area contributed by atoms with Crippen LogP contribution in [0.25, 0.3) is 0 Å². The van der Waals surface area contributed by atoms with Gasteiger partial charge in [0.15, 0.2) is 0 Å². The smallest absolute Gasteiger partial charge is 0.328 e. The molecule has 2 unspecified atom stereocenters. The van der Waals surface area contributed by atoms with Gasteiger partial charge in [-0.15, -0.1) is 0 Å². The number of fused-ring (bicyclic) bond motifs is 1. The SMILES string of the molecule is COC(=O)C1CC(O)CN1C(=O)c1ccc2c(c1)CCC2. The Bertz CT molecular complexity index is 584. The molecule has 21 heavy (non-hydrogen) atoms. The minimum Gasteiger partial charge on any atom is -0.467 e. The van der Waals surface area contributed by atoms with Gasteiger partial charge in [-0.1, -0.05) is 6.07 Å². The van der Waals surface area contributed by atoms with E-state index in [1.165, 1.54) is 23.1 Å². The Morgan fingerprint density at radius 3 is 2.81 bits per heavy atom. The second-order valence-corrected chi connectivity index (χ2v) is 5.72. The van der Waals surface area contributed by atoms with Gasteiger partial charge in [-0.25, -0.2) is 4.79 Å². The molecule has 5 nitrogen and oxygen atoms in total. The molecule has 1 N–H and O–H groups in total. The maximum atomic E-state index is 12.6. The molecule has 0 spiro atoms. The van der Waals surface area contributed by atoms with E-state index in [1.54, 1.807) is 0 Å². The number of aliphatic hydroxyl groups excluding tert-OH is 1. The number of hydrogen-bond acceptors (Lipinski definition) is 4. The normalized spacial score (nSPS) is 24.0. The number of likely N-dealkylation sites (tertiary alicyclic amines) is 1. The first-order chi connectivity index (χ1) is 10.1. The van der Waals surface area contributed by atoms with Crippen molar-refractivity contribution < 1.29 is 19.4 Å². The first kappa shape index (κ1) is 14.1. The summed E-state index contributed by atoms with van der Waals surface area (Å²) in [6.45, 7) is 0.176. The van der Waals surface area contributed by atoms with Crippen LogP contribution in [0.2, 0.25) is 0 Å². The lowest BCUT2D eigenvalue weighted by molar-refractivity contribution is -0.145. The highest BCUT2D eigenvalue weighted by Gasteiger charge is 2.40. The predicted octanol–water partition coefficient (Wildman–Crippen LogP) is 0.924. The number of amides is 1. The lowest BCUT2D eigenvalue weighted by Gasteiger charge is -2.22. The molecule has 1 aromatic carbocycles. The fraction of sp³-hybridized carbons (Fsp3) is 0.500. The minimum atomic E-state index is -0.689. The third kappa shape index (κ3) is 2.53. The Morgan fingerprint density at radius 2 is 2.05 bits per heavy atom. The van der Waals surface area contributed by atoms with Crippen LogP contribution in [0.5, 0.6) is 0 Å². The molecule has 0 bridgehead atoms. The summed E-state index contributed by atoms with van der Waals surface area (Å²) in [6.07, 6.45) is 2.76. The van der Waals surface area contributed by atoms with Gasteiger partial charge in [0.25, 0.3) is 5.91 Å².